The molecule has 10 nitrogen and oxygen atoms in total. The summed E-state index contributed by atoms with van der Waals surface area (Å²) in [6.45, 7) is 5.34. The number of halogens is 1. The first-order valence-electron chi connectivity index (χ1n) is 11.6. The number of pyridine rings is 1. The Hall–Kier alpha value is -2.60. The molecule has 2 heterocycles. The highest BCUT2D eigenvalue weighted by atomic mass is 79.9. The van der Waals surface area contributed by atoms with Gasteiger partial charge in [0.1, 0.15) is 12.1 Å². The topological polar surface area (TPSA) is 133 Å². The molecule has 4 N–H and O–H groups in total. The molecule has 1 aliphatic rings. The van der Waals surface area contributed by atoms with Crippen LogP contribution in [0.3, 0.4) is 0 Å². The fraction of sp³-hybridized carbons (Fsp3) is 0.500. The van der Waals surface area contributed by atoms with E-state index in [2.05, 4.69) is 37.0 Å². The van der Waals surface area contributed by atoms with Crippen molar-refractivity contribution in [3.05, 3.63) is 40.5 Å². The average molecular weight is 550 g/mol. The lowest BCUT2D eigenvalue weighted by atomic mass is 10.1. The van der Waals surface area contributed by atoms with Crippen molar-refractivity contribution < 1.29 is 24.2 Å². The van der Waals surface area contributed by atoms with Gasteiger partial charge in [-0.2, -0.15) is 0 Å². The number of aromatic nitrogens is 1. The van der Waals surface area contributed by atoms with Crippen LogP contribution in [0.15, 0.2) is 34.8 Å². The number of amides is 3. The van der Waals surface area contributed by atoms with Crippen molar-refractivity contribution in [1.82, 2.24) is 26.1 Å². The molecule has 1 saturated heterocycles. The predicted molar refractivity (Wildman–Crippen MR) is 134 cm³/mol. The molecule has 0 saturated carbocycles. The maximum Gasteiger partial charge on any atom is 0.258 e. The van der Waals surface area contributed by atoms with Gasteiger partial charge in [0.15, 0.2) is 6.10 Å². The number of nitrogens with zero attached hydrogens (tertiary/aromatic N) is 2. The lowest BCUT2D eigenvalue weighted by Gasteiger charge is -2.35. The summed E-state index contributed by atoms with van der Waals surface area (Å²) in [6, 6.07) is 7.86. The smallest absolute Gasteiger partial charge is 0.258 e. The number of fused-ring (bicyclic) bond motifs is 1. The summed E-state index contributed by atoms with van der Waals surface area (Å²) >= 11 is 3.45. The van der Waals surface area contributed by atoms with Gasteiger partial charge in [0.25, 0.3) is 11.8 Å². The summed E-state index contributed by atoms with van der Waals surface area (Å²) in [6.07, 6.45) is -0.920. The number of rotatable bonds is 8. The van der Waals surface area contributed by atoms with Gasteiger partial charge in [-0.05, 0) is 51.8 Å². The van der Waals surface area contributed by atoms with E-state index in [0.29, 0.717) is 19.4 Å². The Kier molecular flexibility index (Phi) is 9.17. The van der Waals surface area contributed by atoms with Gasteiger partial charge in [-0.1, -0.05) is 28.1 Å². The number of methoxy groups -OCH3 is 1. The van der Waals surface area contributed by atoms with Crippen LogP contribution in [-0.4, -0.2) is 70.8 Å². The maximum atomic E-state index is 12.9. The van der Waals surface area contributed by atoms with Crippen molar-refractivity contribution in [3.8, 4) is 0 Å². The fourth-order valence-electron chi connectivity index (χ4n) is 3.81. The van der Waals surface area contributed by atoms with Gasteiger partial charge in [0.2, 0.25) is 5.91 Å². The second kappa shape index (κ2) is 11.9. The molecule has 11 heteroatoms. The second-order valence-corrected chi connectivity index (χ2v) is 9.65. The molecular formula is C24H32BrN5O5. The molecule has 1 aromatic carbocycles. The molecule has 1 fully saturated rings. The number of aliphatic hydroxyl groups is 1. The van der Waals surface area contributed by atoms with Gasteiger partial charge < -0.3 is 20.5 Å². The lowest BCUT2D eigenvalue weighted by Crippen LogP contribution is -2.61. The highest BCUT2D eigenvalue weighted by Crippen LogP contribution is 2.21. The van der Waals surface area contributed by atoms with Crippen LogP contribution in [0.2, 0.25) is 0 Å². The van der Waals surface area contributed by atoms with Crippen LogP contribution < -0.4 is 16.1 Å². The van der Waals surface area contributed by atoms with Crippen LogP contribution >= 0.6 is 15.9 Å². The third-order valence-electron chi connectivity index (χ3n) is 6.06. The molecule has 190 valence electrons. The zero-order chi connectivity index (χ0) is 25.7. The lowest BCUT2D eigenvalue weighted by molar-refractivity contribution is -0.146. The summed E-state index contributed by atoms with van der Waals surface area (Å²) in [5.74, 6) is -1.34. The number of benzene rings is 1. The predicted octanol–water partition coefficient (Wildman–Crippen LogP) is 1.57. The molecule has 0 aliphatic carbocycles. The van der Waals surface area contributed by atoms with Gasteiger partial charge in [-0.3, -0.25) is 24.4 Å². The summed E-state index contributed by atoms with van der Waals surface area (Å²) in [4.78, 5) is 42.6. The van der Waals surface area contributed by atoms with E-state index in [0.717, 1.165) is 21.1 Å². The van der Waals surface area contributed by atoms with E-state index in [1.807, 2.05) is 37.3 Å². The first-order valence-corrected chi connectivity index (χ1v) is 12.4. The van der Waals surface area contributed by atoms with E-state index in [-0.39, 0.29) is 11.9 Å². The molecule has 3 rings (SSSR count). The van der Waals surface area contributed by atoms with Crippen LogP contribution in [0.4, 0.5) is 0 Å². The highest BCUT2D eigenvalue weighted by Gasteiger charge is 2.32. The number of carbonyl (C=O) groups is 3. The molecule has 5 unspecified atom stereocenters. The average Bonchev–Trinajstić information content (AvgIpc) is 2.86. The number of aliphatic hydroxyl groups excluding tert-OH is 1. The van der Waals surface area contributed by atoms with Crippen molar-refractivity contribution in [2.45, 2.75) is 63.9 Å². The van der Waals surface area contributed by atoms with Crippen LogP contribution in [0, 0.1) is 0 Å². The van der Waals surface area contributed by atoms with E-state index in [1.54, 1.807) is 6.92 Å². The van der Waals surface area contributed by atoms with E-state index >= 15 is 0 Å². The van der Waals surface area contributed by atoms with Crippen molar-refractivity contribution >= 4 is 44.6 Å². The zero-order valence-corrected chi connectivity index (χ0v) is 21.8. The molecule has 0 radical (unpaired) electrons. The largest absolute Gasteiger partial charge is 0.381 e. The third-order valence-corrected chi connectivity index (χ3v) is 6.55. The van der Waals surface area contributed by atoms with Gasteiger partial charge >= 0.3 is 0 Å². The summed E-state index contributed by atoms with van der Waals surface area (Å²) in [7, 11) is 1.38. The van der Waals surface area contributed by atoms with Gasteiger partial charge in [-0.15, -0.1) is 0 Å². The number of hydrazine groups is 1. The summed E-state index contributed by atoms with van der Waals surface area (Å²) in [5.41, 5.74) is 4.53. The quantitative estimate of drug-likeness (QED) is 0.392. The number of hydrogen-bond acceptors (Lipinski definition) is 7. The van der Waals surface area contributed by atoms with Gasteiger partial charge in [0, 0.05) is 23.5 Å². The fourth-order valence-corrected chi connectivity index (χ4v) is 4.15. The van der Waals surface area contributed by atoms with E-state index in [4.69, 9.17) is 4.74 Å². The number of carbonyl (C=O) groups excluding carboxylic acids is 3. The summed E-state index contributed by atoms with van der Waals surface area (Å²) < 4.78 is 5.88. The monoisotopic (exact) mass is 549 g/mol. The molecule has 0 bridgehead atoms. The Labute approximate surface area is 212 Å². The molecule has 2 aromatic rings. The minimum atomic E-state index is -1.39. The number of ether oxygens (including phenoxy) is 1. The normalized spacial score (nSPS) is 19.5. The van der Waals surface area contributed by atoms with Crippen molar-refractivity contribution in [2.24, 2.45) is 0 Å². The number of nitrogens with one attached hydrogen (secondary N) is 3. The van der Waals surface area contributed by atoms with Gasteiger partial charge in [0.05, 0.1) is 23.4 Å². The Morgan fingerprint density at radius 2 is 1.91 bits per heavy atom. The molecule has 3 amide bonds. The van der Waals surface area contributed by atoms with Gasteiger partial charge in [-0.25, -0.2) is 5.43 Å². The van der Waals surface area contributed by atoms with Crippen LogP contribution in [0.5, 0.6) is 0 Å². The van der Waals surface area contributed by atoms with Crippen molar-refractivity contribution in [3.63, 3.8) is 0 Å². The first kappa shape index (κ1) is 27.0. The molecule has 5 atom stereocenters. The second-order valence-electron chi connectivity index (χ2n) is 8.73. The first-order chi connectivity index (χ1) is 16.6. The highest BCUT2D eigenvalue weighted by molar-refractivity contribution is 9.10. The molecule has 35 heavy (non-hydrogen) atoms. The molecule has 0 spiro atoms. The minimum absolute atomic E-state index is 0.243. The van der Waals surface area contributed by atoms with Crippen molar-refractivity contribution in [1.29, 1.82) is 0 Å². The zero-order valence-electron chi connectivity index (χ0n) is 20.2. The Balaban J connectivity index is 1.58. The van der Waals surface area contributed by atoms with Crippen LogP contribution in [0.1, 0.15) is 45.3 Å². The van der Waals surface area contributed by atoms with E-state index in [1.165, 1.54) is 19.0 Å². The minimum Gasteiger partial charge on any atom is -0.381 e. The Morgan fingerprint density at radius 3 is 2.63 bits per heavy atom. The molecule has 1 aromatic heterocycles. The number of hydrogen-bond donors (Lipinski definition) is 4. The van der Waals surface area contributed by atoms with Crippen molar-refractivity contribution in [2.75, 3.05) is 13.7 Å². The molecular weight excluding hydrogens is 518 g/mol. The standard InChI is InChI=1S/C24H32BrN5O5/c1-13(18-10-8-16-7-9-17(25)12-20(16)28-18)26-22(32)19-6-5-11-30(29-19)24(34)14(2)27-23(33)21(31)15(3)35-4/h7-10,12-15,19,21,29,31H,5-6,11H2,1-4H3,(H,26,32)(H,27,33). The third kappa shape index (κ3) is 6.75. The SMILES string of the molecule is COC(C)C(O)C(=O)NC(C)C(=O)N1CCCC(C(=O)NC(C)c2ccc3ccc(Br)cc3n2)N1. The van der Waals surface area contributed by atoms with Crippen LogP contribution in [0.25, 0.3) is 10.9 Å². The van der Waals surface area contributed by atoms with E-state index in [9.17, 15) is 19.5 Å². The Morgan fingerprint density at radius 1 is 1.20 bits per heavy atom. The van der Waals surface area contributed by atoms with Crippen LogP contribution in [-0.2, 0) is 19.1 Å². The summed E-state index contributed by atoms with van der Waals surface area (Å²) in [5, 5.41) is 17.8. The molecule has 1 aliphatic heterocycles. The van der Waals surface area contributed by atoms with E-state index < -0.39 is 36.1 Å². The maximum absolute atomic E-state index is 12.9. The Bertz CT molecular complexity index is 1080.